The molecule has 0 atom stereocenters. The third-order valence-electron chi connectivity index (χ3n) is 6.64. The average Bonchev–Trinajstić information content (AvgIpc) is 2.86. The number of piperidine rings is 1. The highest BCUT2D eigenvalue weighted by Gasteiger charge is 2.20. The lowest BCUT2D eigenvalue weighted by atomic mass is 9.99. The minimum Gasteiger partial charge on any atom is -0.480 e. The Balaban J connectivity index is 1.72. The van der Waals surface area contributed by atoms with E-state index >= 15 is 4.39 Å². The zero-order chi connectivity index (χ0) is 26.0. The summed E-state index contributed by atoms with van der Waals surface area (Å²) in [6.07, 6.45) is 4.05. The third kappa shape index (κ3) is 5.33. The van der Waals surface area contributed by atoms with Crippen molar-refractivity contribution < 1.29 is 13.9 Å². The smallest absolute Gasteiger partial charge is 0.293 e. The largest absolute Gasteiger partial charge is 0.480 e. The number of aromatic nitrogens is 2. The van der Waals surface area contributed by atoms with Gasteiger partial charge in [-0.05, 0) is 50.8 Å². The van der Waals surface area contributed by atoms with Crippen LogP contribution in [0.15, 0.2) is 35.3 Å². The first kappa shape index (κ1) is 25.9. The zero-order valence-corrected chi connectivity index (χ0v) is 21.9. The van der Waals surface area contributed by atoms with Crippen LogP contribution in [0.5, 0.6) is 5.75 Å². The summed E-state index contributed by atoms with van der Waals surface area (Å²) in [7, 11) is 0. The van der Waals surface area contributed by atoms with Crippen molar-refractivity contribution in [2.75, 3.05) is 29.9 Å². The lowest BCUT2D eigenvalue weighted by molar-refractivity contribution is -0.120. The second-order valence-corrected chi connectivity index (χ2v) is 10.0. The number of carbonyl (C=O) groups is 1. The molecule has 1 aliphatic rings. The molecule has 0 saturated carbocycles. The van der Waals surface area contributed by atoms with Crippen LogP contribution in [0, 0.1) is 11.7 Å². The summed E-state index contributed by atoms with van der Waals surface area (Å²) < 4.78 is 22.8. The second kappa shape index (κ2) is 10.9. The molecule has 7 nitrogen and oxygen atoms in total. The van der Waals surface area contributed by atoms with Crippen LogP contribution in [-0.4, -0.2) is 35.0 Å². The van der Waals surface area contributed by atoms with Gasteiger partial charge < -0.3 is 19.5 Å². The highest BCUT2D eigenvalue weighted by molar-refractivity contribution is 6.33. The van der Waals surface area contributed by atoms with Gasteiger partial charge in [0.05, 0.1) is 28.1 Å². The Morgan fingerprint density at radius 2 is 1.97 bits per heavy atom. The molecule has 1 aromatic carbocycles. The number of nitrogens with zero attached hydrogens (tertiary/aromatic N) is 3. The van der Waals surface area contributed by atoms with E-state index in [1.165, 1.54) is 10.6 Å². The number of pyridine rings is 2. The fourth-order valence-electron chi connectivity index (χ4n) is 4.40. The van der Waals surface area contributed by atoms with E-state index in [9.17, 15) is 9.59 Å². The van der Waals surface area contributed by atoms with Crippen molar-refractivity contribution in [2.24, 2.45) is 5.92 Å². The molecule has 1 aliphatic heterocycles. The molecule has 36 heavy (non-hydrogen) atoms. The minimum atomic E-state index is -0.546. The molecule has 4 rings (SSSR count). The van der Waals surface area contributed by atoms with Gasteiger partial charge in [0.25, 0.3) is 5.56 Å². The van der Waals surface area contributed by atoms with E-state index in [1.807, 2.05) is 19.9 Å². The second-order valence-electron chi connectivity index (χ2n) is 9.64. The van der Waals surface area contributed by atoms with Gasteiger partial charge in [0.1, 0.15) is 12.4 Å². The van der Waals surface area contributed by atoms with Crippen LogP contribution >= 0.6 is 11.6 Å². The first-order valence-electron chi connectivity index (χ1n) is 12.4. The Bertz CT molecular complexity index is 1330. The van der Waals surface area contributed by atoms with Crippen molar-refractivity contribution >= 4 is 45.5 Å². The minimum absolute atomic E-state index is 0.0578. The summed E-state index contributed by atoms with van der Waals surface area (Å²) in [4.78, 5) is 31.5. The van der Waals surface area contributed by atoms with E-state index in [4.69, 9.17) is 16.3 Å². The number of hydrogen-bond donors (Lipinski definition) is 1. The molecule has 0 bridgehead atoms. The van der Waals surface area contributed by atoms with Crippen molar-refractivity contribution in [1.82, 2.24) is 9.55 Å². The number of benzene rings is 1. The normalized spacial score (nSPS) is 14.5. The van der Waals surface area contributed by atoms with Gasteiger partial charge in [-0.15, -0.1) is 0 Å². The molecule has 9 heteroatoms. The average molecular weight is 515 g/mol. The number of ether oxygens (including phenoxy) is 1. The monoisotopic (exact) mass is 514 g/mol. The molecule has 1 N–H and O–H groups in total. The maximum absolute atomic E-state index is 15.8. The van der Waals surface area contributed by atoms with Gasteiger partial charge in [0, 0.05) is 37.0 Å². The number of ketones is 1. The van der Waals surface area contributed by atoms with Crippen LogP contribution in [-0.2, 0) is 4.79 Å². The standard InChI is InChI=1S/C27H32ClFN4O3/c1-5-18(34)15-36-24-12-19-23(33(16(2)3)27(24)35)7-6-21(26(19)29)31-22-13-25(30-14-20(22)28)32-10-8-17(4)9-11-32/h6-7,12-14,16-17H,5,8-11,15H2,1-4H3,(H,30,31). The first-order valence-corrected chi connectivity index (χ1v) is 12.8. The predicted molar refractivity (Wildman–Crippen MR) is 142 cm³/mol. The van der Waals surface area contributed by atoms with E-state index in [-0.39, 0.29) is 35.3 Å². The maximum Gasteiger partial charge on any atom is 0.293 e. The molecule has 0 unspecified atom stereocenters. The van der Waals surface area contributed by atoms with Crippen molar-refractivity contribution in [2.45, 2.75) is 53.0 Å². The van der Waals surface area contributed by atoms with Crippen molar-refractivity contribution in [3.05, 3.63) is 51.7 Å². The molecule has 0 spiro atoms. The van der Waals surface area contributed by atoms with Crippen LogP contribution < -0.4 is 20.5 Å². The first-order chi connectivity index (χ1) is 17.2. The van der Waals surface area contributed by atoms with Gasteiger partial charge in [0.2, 0.25) is 0 Å². The quantitative estimate of drug-likeness (QED) is 0.391. The number of halogens is 2. The van der Waals surface area contributed by atoms with Gasteiger partial charge in [0.15, 0.2) is 17.3 Å². The molecule has 0 amide bonds. The molecule has 1 saturated heterocycles. The van der Waals surface area contributed by atoms with E-state index < -0.39 is 11.4 Å². The Labute approximate surface area is 215 Å². The molecule has 0 radical (unpaired) electrons. The molecule has 2 aromatic heterocycles. The van der Waals surface area contributed by atoms with Gasteiger partial charge in [-0.3, -0.25) is 9.59 Å². The molecule has 3 heterocycles. The maximum atomic E-state index is 15.8. The van der Waals surface area contributed by atoms with Gasteiger partial charge >= 0.3 is 0 Å². The van der Waals surface area contributed by atoms with Gasteiger partial charge in [-0.1, -0.05) is 25.4 Å². The number of carbonyl (C=O) groups excluding carboxylic acids is 1. The van der Waals surface area contributed by atoms with Crippen LogP contribution in [0.2, 0.25) is 5.02 Å². The Morgan fingerprint density at radius 1 is 1.25 bits per heavy atom. The Morgan fingerprint density at radius 3 is 2.64 bits per heavy atom. The number of rotatable bonds is 8. The lowest BCUT2D eigenvalue weighted by Crippen LogP contribution is -2.33. The summed E-state index contributed by atoms with van der Waals surface area (Å²) in [6, 6.07) is 6.26. The zero-order valence-electron chi connectivity index (χ0n) is 21.1. The Kier molecular flexibility index (Phi) is 7.83. The van der Waals surface area contributed by atoms with Crippen LogP contribution in [0.25, 0.3) is 10.9 Å². The van der Waals surface area contributed by atoms with E-state index in [1.54, 1.807) is 25.3 Å². The van der Waals surface area contributed by atoms with E-state index in [0.29, 0.717) is 28.6 Å². The highest BCUT2D eigenvalue weighted by Crippen LogP contribution is 2.34. The van der Waals surface area contributed by atoms with Crippen LogP contribution in [0.1, 0.15) is 53.0 Å². The van der Waals surface area contributed by atoms with E-state index in [2.05, 4.69) is 22.1 Å². The summed E-state index contributed by atoms with van der Waals surface area (Å²) in [5, 5.41) is 3.69. The summed E-state index contributed by atoms with van der Waals surface area (Å²) in [6.45, 7) is 9.23. The predicted octanol–water partition coefficient (Wildman–Crippen LogP) is 6.11. The van der Waals surface area contributed by atoms with Gasteiger partial charge in [-0.25, -0.2) is 9.37 Å². The number of fused-ring (bicyclic) bond motifs is 1. The molecule has 192 valence electrons. The Hall–Kier alpha value is -3.13. The lowest BCUT2D eigenvalue weighted by Gasteiger charge is -2.31. The highest BCUT2D eigenvalue weighted by atomic mass is 35.5. The topological polar surface area (TPSA) is 76.5 Å². The summed E-state index contributed by atoms with van der Waals surface area (Å²) >= 11 is 6.41. The summed E-state index contributed by atoms with van der Waals surface area (Å²) in [5.74, 6) is 0.732. The fourth-order valence-corrected chi connectivity index (χ4v) is 4.55. The third-order valence-corrected chi connectivity index (χ3v) is 6.94. The number of anilines is 3. The number of hydrogen-bond acceptors (Lipinski definition) is 6. The van der Waals surface area contributed by atoms with Crippen molar-refractivity contribution in [3.63, 3.8) is 0 Å². The number of Topliss-reactive ketones (excluding diaryl/α,β-unsaturated/α-hetero) is 1. The molecule has 0 aliphatic carbocycles. The van der Waals surface area contributed by atoms with E-state index in [0.717, 1.165) is 31.7 Å². The van der Waals surface area contributed by atoms with Crippen molar-refractivity contribution in [3.8, 4) is 5.75 Å². The SMILES string of the molecule is CCC(=O)COc1cc2c(F)c(Nc3cc(N4CCC(C)CC4)ncc3Cl)ccc2n(C(C)C)c1=O. The molecule has 3 aromatic rings. The molecular weight excluding hydrogens is 483 g/mol. The fraction of sp³-hybridized carbons (Fsp3) is 0.444. The number of nitrogens with one attached hydrogen (secondary N) is 1. The van der Waals surface area contributed by atoms with Crippen LogP contribution in [0.3, 0.4) is 0 Å². The van der Waals surface area contributed by atoms with Gasteiger partial charge in [-0.2, -0.15) is 0 Å². The summed E-state index contributed by atoms with van der Waals surface area (Å²) in [5.41, 5.74) is 0.787. The van der Waals surface area contributed by atoms with Crippen LogP contribution in [0.4, 0.5) is 21.6 Å². The molecule has 1 fully saturated rings. The van der Waals surface area contributed by atoms with Crippen molar-refractivity contribution in [1.29, 1.82) is 0 Å². The molecular formula is C27H32ClFN4O3.